The molecule has 5 nitrogen and oxygen atoms in total. The number of aromatic nitrogens is 4. The minimum Gasteiger partial charge on any atom is -0.356 e. The summed E-state index contributed by atoms with van der Waals surface area (Å²) in [4.78, 5) is 11.3. The van der Waals surface area contributed by atoms with Crippen LogP contribution in [0.1, 0.15) is 36.8 Å². The first-order chi connectivity index (χ1) is 9.24. The number of hydrogen-bond acceptors (Lipinski definition) is 4. The summed E-state index contributed by atoms with van der Waals surface area (Å²) in [5, 5.41) is 4.47. The topological polar surface area (TPSA) is 46.3 Å². The molecule has 2 aromatic rings. The number of fused-ring (bicyclic) bond motifs is 3. The number of rotatable bonds is 4. The fraction of sp³-hybridized carbons (Fsp3) is 0.615. The molecule has 2 aromatic heterocycles. The zero-order valence-electron chi connectivity index (χ0n) is 11.4. The maximum Gasteiger partial charge on any atom is 0.254 e. The highest BCUT2D eigenvalue weighted by Gasteiger charge is 2.26. The summed E-state index contributed by atoms with van der Waals surface area (Å²) in [6.07, 6.45) is 3.44. The second kappa shape index (κ2) is 4.96. The van der Waals surface area contributed by atoms with Gasteiger partial charge in [-0.25, -0.2) is 4.98 Å². The van der Waals surface area contributed by atoms with Crippen LogP contribution in [0.4, 0.5) is 5.82 Å². The smallest absolute Gasteiger partial charge is 0.254 e. The molecule has 0 aliphatic carbocycles. The Bertz CT molecular complexity index is 607. The summed E-state index contributed by atoms with van der Waals surface area (Å²) in [5.74, 6) is 2.80. The van der Waals surface area contributed by atoms with Gasteiger partial charge in [0.15, 0.2) is 5.82 Å². The molecule has 0 fully saturated rings. The van der Waals surface area contributed by atoms with Crippen molar-refractivity contribution in [3.05, 3.63) is 17.1 Å². The molecule has 1 aliphatic heterocycles. The number of halogens is 1. The molecule has 102 valence electrons. The van der Waals surface area contributed by atoms with Crippen molar-refractivity contribution in [3.8, 4) is 0 Å². The molecule has 0 spiro atoms. The van der Waals surface area contributed by atoms with Crippen molar-refractivity contribution in [2.24, 2.45) is 0 Å². The van der Waals surface area contributed by atoms with Gasteiger partial charge in [0, 0.05) is 24.3 Å². The van der Waals surface area contributed by atoms with Gasteiger partial charge < -0.3 is 4.90 Å². The quantitative estimate of drug-likeness (QED) is 0.806. The zero-order chi connectivity index (χ0) is 13.4. The summed E-state index contributed by atoms with van der Waals surface area (Å²) in [6, 6.07) is 0. The summed E-state index contributed by atoms with van der Waals surface area (Å²) in [7, 11) is 0. The third kappa shape index (κ3) is 2.06. The Labute approximate surface area is 117 Å². The van der Waals surface area contributed by atoms with Crippen LogP contribution in [0.25, 0.3) is 5.78 Å². The Morgan fingerprint density at radius 1 is 1.32 bits per heavy atom. The SMILES string of the molecule is CCCCN1CCc2c(C)nc3nc(CCl)nn3c21. The number of hydrogen-bond donors (Lipinski definition) is 0. The van der Waals surface area contributed by atoms with Gasteiger partial charge in [0.2, 0.25) is 0 Å². The van der Waals surface area contributed by atoms with E-state index in [0.717, 1.165) is 25.2 Å². The Balaban J connectivity index is 2.12. The second-order valence-corrected chi connectivity index (χ2v) is 5.23. The minimum absolute atomic E-state index is 0.326. The number of unbranched alkanes of at least 4 members (excludes halogenated alkanes) is 1. The predicted octanol–water partition coefficient (Wildman–Crippen LogP) is 2.33. The number of alkyl halides is 1. The molecule has 1 aliphatic rings. The first-order valence-electron chi connectivity index (χ1n) is 6.80. The minimum atomic E-state index is 0.326. The van der Waals surface area contributed by atoms with Gasteiger partial charge in [-0.1, -0.05) is 13.3 Å². The van der Waals surface area contributed by atoms with E-state index in [1.54, 1.807) is 0 Å². The summed E-state index contributed by atoms with van der Waals surface area (Å²) < 4.78 is 1.86. The van der Waals surface area contributed by atoms with Crippen LogP contribution in [-0.2, 0) is 12.3 Å². The van der Waals surface area contributed by atoms with Gasteiger partial charge in [-0.05, 0) is 19.8 Å². The van der Waals surface area contributed by atoms with Crippen molar-refractivity contribution in [3.63, 3.8) is 0 Å². The molecule has 0 radical (unpaired) electrons. The van der Waals surface area contributed by atoms with E-state index in [4.69, 9.17) is 11.6 Å². The van der Waals surface area contributed by atoms with Gasteiger partial charge >= 0.3 is 0 Å². The summed E-state index contributed by atoms with van der Waals surface area (Å²) in [5.41, 5.74) is 2.37. The molecule has 0 amide bonds. The summed E-state index contributed by atoms with van der Waals surface area (Å²) in [6.45, 7) is 6.38. The largest absolute Gasteiger partial charge is 0.356 e. The van der Waals surface area contributed by atoms with Gasteiger partial charge in [0.1, 0.15) is 5.82 Å². The molecular weight excluding hydrogens is 262 g/mol. The van der Waals surface area contributed by atoms with Crippen LogP contribution >= 0.6 is 11.6 Å². The molecule has 0 saturated heterocycles. The molecule has 19 heavy (non-hydrogen) atoms. The van der Waals surface area contributed by atoms with Crippen LogP contribution in [-0.4, -0.2) is 32.7 Å². The molecule has 6 heteroatoms. The molecule has 0 atom stereocenters. The average Bonchev–Trinajstić information content (AvgIpc) is 2.99. The fourth-order valence-electron chi connectivity index (χ4n) is 2.66. The van der Waals surface area contributed by atoms with E-state index in [9.17, 15) is 0 Å². The van der Waals surface area contributed by atoms with Crippen molar-refractivity contribution in [2.75, 3.05) is 18.0 Å². The molecule has 3 rings (SSSR count). The van der Waals surface area contributed by atoms with E-state index >= 15 is 0 Å². The van der Waals surface area contributed by atoms with Crippen LogP contribution < -0.4 is 4.90 Å². The number of nitrogens with zero attached hydrogens (tertiary/aromatic N) is 5. The summed E-state index contributed by atoms with van der Waals surface area (Å²) >= 11 is 5.83. The first-order valence-corrected chi connectivity index (χ1v) is 7.34. The highest BCUT2D eigenvalue weighted by Crippen LogP contribution is 2.30. The van der Waals surface area contributed by atoms with Crippen LogP contribution in [0.5, 0.6) is 0 Å². The van der Waals surface area contributed by atoms with Gasteiger partial charge in [-0.2, -0.15) is 9.50 Å². The molecule has 0 saturated carbocycles. The first kappa shape index (κ1) is 12.7. The standard InChI is InChI=1S/C13H18ClN5/c1-3-4-6-18-7-5-10-9(2)15-13-16-11(8-14)17-19(13)12(10)18/h3-8H2,1-2H3. The normalized spacial score (nSPS) is 14.4. The van der Waals surface area contributed by atoms with E-state index in [-0.39, 0.29) is 0 Å². The van der Waals surface area contributed by atoms with Crippen LogP contribution in [0.3, 0.4) is 0 Å². The van der Waals surface area contributed by atoms with Gasteiger partial charge in [0.25, 0.3) is 5.78 Å². The van der Waals surface area contributed by atoms with Gasteiger partial charge in [-0.3, -0.25) is 0 Å². The molecule has 3 heterocycles. The molecule has 0 N–H and O–H groups in total. The number of anilines is 1. The van der Waals surface area contributed by atoms with E-state index in [1.165, 1.54) is 24.2 Å². The highest BCUT2D eigenvalue weighted by molar-refractivity contribution is 6.16. The molecule has 0 aromatic carbocycles. The lowest BCUT2D eigenvalue weighted by atomic mass is 10.2. The Morgan fingerprint density at radius 2 is 2.16 bits per heavy atom. The van der Waals surface area contributed by atoms with Crippen LogP contribution in [0.15, 0.2) is 0 Å². The van der Waals surface area contributed by atoms with Gasteiger partial charge in [-0.15, -0.1) is 16.7 Å². The van der Waals surface area contributed by atoms with E-state index in [1.807, 2.05) is 4.52 Å². The van der Waals surface area contributed by atoms with Crippen molar-refractivity contribution < 1.29 is 0 Å². The third-order valence-electron chi connectivity index (χ3n) is 3.64. The third-order valence-corrected chi connectivity index (χ3v) is 3.88. The number of aryl methyl sites for hydroxylation is 1. The van der Waals surface area contributed by atoms with Crippen LogP contribution in [0.2, 0.25) is 0 Å². The van der Waals surface area contributed by atoms with Crippen molar-refractivity contribution in [1.82, 2.24) is 19.6 Å². The van der Waals surface area contributed by atoms with Crippen molar-refractivity contribution >= 4 is 23.2 Å². The fourth-order valence-corrected chi connectivity index (χ4v) is 2.77. The van der Waals surface area contributed by atoms with Crippen LogP contribution in [0, 0.1) is 6.92 Å². The Morgan fingerprint density at radius 3 is 2.89 bits per heavy atom. The monoisotopic (exact) mass is 279 g/mol. The van der Waals surface area contributed by atoms with Crippen molar-refractivity contribution in [2.45, 2.75) is 39.0 Å². The lowest BCUT2D eigenvalue weighted by Crippen LogP contribution is -2.23. The maximum atomic E-state index is 5.83. The molecule has 0 unspecified atom stereocenters. The predicted molar refractivity (Wildman–Crippen MR) is 75.9 cm³/mol. The lowest BCUT2D eigenvalue weighted by Gasteiger charge is -2.19. The highest BCUT2D eigenvalue weighted by atomic mass is 35.5. The second-order valence-electron chi connectivity index (χ2n) is 4.96. The lowest BCUT2D eigenvalue weighted by molar-refractivity contribution is 0.720. The molecular formula is C13H18ClN5. The molecule has 0 bridgehead atoms. The maximum absolute atomic E-state index is 5.83. The Hall–Kier alpha value is -1.36. The van der Waals surface area contributed by atoms with Crippen molar-refractivity contribution in [1.29, 1.82) is 0 Å². The van der Waals surface area contributed by atoms with Gasteiger partial charge in [0.05, 0.1) is 5.88 Å². The van der Waals surface area contributed by atoms with E-state index in [2.05, 4.69) is 33.8 Å². The average molecular weight is 280 g/mol. The Kier molecular flexibility index (Phi) is 3.31. The van der Waals surface area contributed by atoms with E-state index in [0.29, 0.717) is 17.5 Å². The zero-order valence-corrected chi connectivity index (χ0v) is 12.1. The van der Waals surface area contributed by atoms with E-state index < -0.39 is 0 Å².